The van der Waals surface area contributed by atoms with Crippen LogP contribution in [0.25, 0.3) is 0 Å². The molecule has 2 aromatic rings. The maximum atomic E-state index is 10.5. The zero-order chi connectivity index (χ0) is 23.8. The lowest BCUT2D eigenvalue weighted by Crippen LogP contribution is -2.60. The van der Waals surface area contributed by atoms with E-state index in [-0.39, 0.29) is 6.04 Å². The van der Waals surface area contributed by atoms with Crippen LogP contribution in [0.15, 0.2) is 24.3 Å². The third-order valence-corrected chi connectivity index (χ3v) is 7.50. The minimum absolute atomic E-state index is 0.0897. The zero-order valence-corrected chi connectivity index (χ0v) is 19.4. The third-order valence-electron chi connectivity index (χ3n) is 7.50. The van der Waals surface area contributed by atoms with Crippen molar-refractivity contribution in [3.8, 4) is 5.88 Å². The van der Waals surface area contributed by atoms with Crippen molar-refractivity contribution in [3.63, 3.8) is 0 Å². The van der Waals surface area contributed by atoms with Crippen molar-refractivity contribution in [2.24, 2.45) is 0 Å². The smallest absolute Gasteiger partial charge is 0.239 e. The van der Waals surface area contributed by atoms with Crippen LogP contribution in [0, 0.1) is 6.92 Å². The molecule has 1 unspecified atom stereocenters. The van der Waals surface area contributed by atoms with Crippen LogP contribution in [-0.2, 0) is 15.9 Å². The molecule has 6 atom stereocenters. The second-order valence-corrected chi connectivity index (χ2v) is 9.69. The SMILES string of the molecule is Cc1c(Cc2ccc(C3CCC3)cc2)c(O[C@@H]2O[C@H](CO)[C@@H](O)[C@H](O)[C@H]2O)nn1C1CCOC1. The van der Waals surface area contributed by atoms with Crippen LogP contribution in [0.1, 0.15) is 60.0 Å². The molecule has 9 heteroatoms. The van der Waals surface area contributed by atoms with Crippen LogP contribution in [0.3, 0.4) is 0 Å². The van der Waals surface area contributed by atoms with Crippen LogP contribution in [0.5, 0.6) is 5.88 Å². The average Bonchev–Trinajstić information content (AvgIpc) is 3.43. The van der Waals surface area contributed by atoms with Crippen LogP contribution in [0.2, 0.25) is 0 Å². The Hall–Kier alpha value is -2.01. The van der Waals surface area contributed by atoms with Gasteiger partial charge in [0.1, 0.15) is 24.4 Å². The Morgan fingerprint density at radius 1 is 1.06 bits per heavy atom. The minimum atomic E-state index is -1.51. The van der Waals surface area contributed by atoms with E-state index in [0.717, 1.165) is 23.2 Å². The average molecular weight is 475 g/mol. The second-order valence-electron chi connectivity index (χ2n) is 9.69. The summed E-state index contributed by atoms with van der Waals surface area (Å²) in [6.07, 6.45) is -1.53. The molecule has 0 radical (unpaired) electrons. The van der Waals surface area contributed by atoms with Crippen molar-refractivity contribution in [1.82, 2.24) is 9.78 Å². The number of aliphatic hydroxyl groups excluding tert-OH is 4. The molecule has 0 amide bonds. The molecular formula is C25H34N2O7. The molecule has 2 aliphatic heterocycles. The first-order valence-electron chi connectivity index (χ1n) is 12.2. The van der Waals surface area contributed by atoms with Crippen molar-refractivity contribution in [2.75, 3.05) is 19.8 Å². The van der Waals surface area contributed by atoms with Crippen molar-refractivity contribution in [1.29, 1.82) is 0 Å². The Kier molecular flexibility index (Phi) is 6.92. The van der Waals surface area contributed by atoms with Crippen molar-refractivity contribution >= 4 is 0 Å². The number of benzene rings is 1. The summed E-state index contributed by atoms with van der Waals surface area (Å²) in [5, 5.41) is 44.9. The van der Waals surface area contributed by atoms with Gasteiger partial charge in [-0.25, -0.2) is 0 Å². The Balaban J connectivity index is 1.41. The van der Waals surface area contributed by atoms with Crippen molar-refractivity contribution in [2.45, 2.75) is 81.7 Å². The van der Waals surface area contributed by atoms with Gasteiger partial charge in [-0.3, -0.25) is 4.68 Å². The largest absolute Gasteiger partial charge is 0.443 e. The van der Waals surface area contributed by atoms with E-state index in [1.807, 2.05) is 11.6 Å². The predicted molar refractivity (Wildman–Crippen MR) is 122 cm³/mol. The highest BCUT2D eigenvalue weighted by atomic mass is 16.7. The van der Waals surface area contributed by atoms with Crippen LogP contribution in [0.4, 0.5) is 0 Å². The molecule has 1 aromatic heterocycles. The van der Waals surface area contributed by atoms with Gasteiger partial charge in [-0.1, -0.05) is 30.7 Å². The van der Waals surface area contributed by atoms with E-state index in [4.69, 9.17) is 19.3 Å². The minimum Gasteiger partial charge on any atom is -0.443 e. The summed E-state index contributed by atoms with van der Waals surface area (Å²) < 4.78 is 19.0. The number of ether oxygens (including phenoxy) is 3. The predicted octanol–water partition coefficient (Wildman–Crippen LogP) is 1.19. The number of hydrogen-bond donors (Lipinski definition) is 4. The molecule has 4 N–H and O–H groups in total. The van der Waals surface area contributed by atoms with Gasteiger partial charge < -0.3 is 34.6 Å². The van der Waals surface area contributed by atoms with E-state index in [9.17, 15) is 20.4 Å². The molecule has 0 bridgehead atoms. The molecule has 3 heterocycles. The second kappa shape index (κ2) is 9.93. The van der Waals surface area contributed by atoms with E-state index in [1.165, 1.54) is 24.8 Å². The summed E-state index contributed by atoms with van der Waals surface area (Å²) in [6.45, 7) is 2.71. The molecule has 2 saturated heterocycles. The lowest BCUT2D eigenvalue weighted by Gasteiger charge is -2.39. The van der Waals surface area contributed by atoms with Gasteiger partial charge in [0.2, 0.25) is 12.2 Å². The van der Waals surface area contributed by atoms with Crippen LogP contribution >= 0.6 is 0 Å². The summed E-state index contributed by atoms with van der Waals surface area (Å²) in [7, 11) is 0. The number of aliphatic hydroxyl groups is 4. The maximum absolute atomic E-state index is 10.5. The van der Waals surface area contributed by atoms with Crippen LogP contribution in [-0.4, -0.2) is 80.7 Å². The normalized spacial score (nSPS) is 32.0. The fourth-order valence-corrected chi connectivity index (χ4v) is 5.02. The molecule has 1 saturated carbocycles. The highest BCUT2D eigenvalue weighted by molar-refractivity contribution is 5.38. The van der Waals surface area contributed by atoms with Gasteiger partial charge in [-0.2, -0.15) is 0 Å². The Bertz CT molecular complexity index is 966. The van der Waals surface area contributed by atoms with E-state index in [0.29, 0.717) is 31.4 Å². The fourth-order valence-electron chi connectivity index (χ4n) is 5.02. The molecular weight excluding hydrogens is 440 g/mol. The maximum Gasteiger partial charge on any atom is 0.239 e. The van der Waals surface area contributed by atoms with Crippen LogP contribution < -0.4 is 4.74 Å². The molecule has 1 aromatic carbocycles. The summed E-state index contributed by atoms with van der Waals surface area (Å²) >= 11 is 0. The number of hydrogen-bond acceptors (Lipinski definition) is 8. The molecule has 1 aliphatic carbocycles. The van der Waals surface area contributed by atoms with E-state index < -0.39 is 37.3 Å². The third kappa shape index (κ3) is 4.48. The van der Waals surface area contributed by atoms with Gasteiger partial charge in [0.25, 0.3) is 0 Å². The lowest BCUT2D eigenvalue weighted by molar-refractivity contribution is -0.278. The summed E-state index contributed by atoms with van der Waals surface area (Å²) in [5.41, 5.74) is 4.30. The topological polar surface area (TPSA) is 126 Å². The first-order chi connectivity index (χ1) is 16.5. The molecule has 5 rings (SSSR count). The first kappa shape index (κ1) is 23.7. The van der Waals surface area contributed by atoms with Crippen molar-refractivity contribution in [3.05, 3.63) is 46.6 Å². The summed E-state index contributed by atoms with van der Waals surface area (Å²) in [4.78, 5) is 0. The molecule has 3 fully saturated rings. The van der Waals surface area contributed by atoms with Gasteiger partial charge in [0.05, 0.1) is 19.3 Å². The summed E-state index contributed by atoms with van der Waals surface area (Å²) in [5.74, 6) is 0.975. The van der Waals surface area contributed by atoms with Crippen molar-refractivity contribution < 1.29 is 34.6 Å². The molecule has 186 valence electrons. The molecule has 9 nitrogen and oxygen atoms in total. The number of rotatable bonds is 7. The van der Waals surface area contributed by atoms with Gasteiger partial charge in [-0.05, 0) is 43.2 Å². The number of nitrogens with zero attached hydrogens (tertiary/aromatic N) is 2. The van der Waals surface area contributed by atoms with Gasteiger partial charge in [0.15, 0.2) is 0 Å². The lowest BCUT2D eigenvalue weighted by atomic mass is 9.80. The Morgan fingerprint density at radius 3 is 2.44 bits per heavy atom. The highest BCUT2D eigenvalue weighted by Crippen LogP contribution is 2.37. The molecule has 0 spiro atoms. The van der Waals surface area contributed by atoms with Gasteiger partial charge in [0, 0.05) is 24.3 Å². The molecule has 3 aliphatic rings. The summed E-state index contributed by atoms with van der Waals surface area (Å²) in [6, 6.07) is 8.76. The first-order valence-corrected chi connectivity index (χ1v) is 12.2. The van der Waals surface area contributed by atoms with E-state index in [1.54, 1.807) is 0 Å². The highest BCUT2D eigenvalue weighted by Gasteiger charge is 2.45. The standard InChI is InChI=1S/C25H34N2O7/c1-14-19(11-15-5-7-17(8-6-15)16-3-2-4-16)24(26-27(14)18-9-10-32-13-18)34-25-23(31)22(30)21(29)20(12-28)33-25/h5-8,16,18,20-23,25,28-31H,2-4,9-13H2,1H3/t18?,20-,21-,22+,23-,25+/m1/s1. The van der Waals surface area contributed by atoms with Gasteiger partial charge >= 0.3 is 0 Å². The van der Waals surface area contributed by atoms with E-state index >= 15 is 0 Å². The monoisotopic (exact) mass is 474 g/mol. The quantitative estimate of drug-likeness (QED) is 0.472. The Morgan fingerprint density at radius 2 is 1.82 bits per heavy atom. The molecule has 34 heavy (non-hydrogen) atoms. The van der Waals surface area contributed by atoms with E-state index in [2.05, 4.69) is 24.3 Å². The zero-order valence-electron chi connectivity index (χ0n) is 19.4. The van der Waals surface area contributed by atoms with Gasteiger partial charge in [-0.15, -0.1) is 5.10 Å². The number of aromatic nitrogens is 2. The Labute approximate surface area is 198 Å². The fraction of sp³-hybridized carbons (Fsp3) is 0.640.